The van der Waals surface area contributed by atoms with E-state index >= 15 is 0 Å². The van der Waals surface area contributed by atoms with Crippen LogP contribution in [0.15, 0.2) is 0 Å². The first-order chi connectivity index (χ1) is 10.9. The number of nitrogens with zero attached hydrogens (tertiary/aromatic N) is 1. The number of likely N-dealkylation sites (tertiary alicyclic amines) is 1. The van der Waals surface area contributed by atoms with Crippen LogP contribution < -0.4 is 5.32 Å². The highest BCUT2D eigenvalue weighted by atomic mass is 16.6. The molecule has 0 radical (unpaired) electrons. The first-order valence-electron chi connectivity index (χ1n) is 7.99. The molecule has 2 atom stereocenters. The van der Waals surface area contributed by atoms with Gasteiger partial charge in [0.15, 0.2) is 5.60 Å². The van der Waals surface area contributed by atoms with Gasteiger partial charge >= 0.3 is 12.1 Å². The summed E-state index contributed by atoms with van der Waals surface area (Å²) in [5.41, 5.74) is -2.41. The van der Waals surface area contributed by atoms with Crippen LogP contribution >= 0.6 is 0 Å². The molecule has 1 fully saturated rings. The molecule has 2 N–H and O–H groups in total. The minimum absolute atomic E-state index is 0.0735. The number of hydrogen-bond acceptors (Lipinski definition) is 6. The van der Waals surface area contributed by atoms with Gasteiger partial charge in [-0.1, -0.05) is 13.8 Å². The van der Waals surface area contributed by atoms with Gasteiger partial charge in [-0.15, -0.1) is 0 Å². The molecule has 0 bridgehead atoms. The molecule has 1 heterocycles. The van der Waals surface area contributed by atoms with E-state index in [1.807, 2.05) is 0 Å². The quantitative estimate of drug-likeness (QED) is 0.726. The van der Waals surface area contributed by atoms with Crippen molar-refractivity contribution in [2.24, 2.45) is 5.92 Å². The molecule has 0 aromatic carbocycles. The average molecular weight is 344 g/mol. The Morgan fingerprint density at radius 2 is 1.83 bits per heavy atom. The Balaban J connectivity index is 2.74. The number of amides is 2. The van der Waals surface area contributed by atoms with Crippen LogP contribution in [0.5, 0.6) is 0 Å². The molecule has 0 aliphatic carbocycles. The Kier molecular flexibility index (Phi) is 6.21. The fourth-order valence-corrected chi connectivity index (χ4v) is 2.36. The van der Waals surface area contributed by atoms with E-state index in [4.69, 9.17) is 4.74 Å². The Labute approximate surface area is 142 Å². The third kappa shape index (κ3) is 5.09. The maximum atomic E-state index is 12.4. The van der Waals surface area contributed by atoms with Crippen LogP contribution in [-0.4, -0.2) is 65.4 Å². The molecule has 1 rings (SSSR count). The van der Waals surface area contributed by atoms with Gasteiger partial charge in [0, 0.05) is 13.0 Å². The van der Waals surface area contributed by atoms with Gasteiger partial charge < -0.3 is 24.8 Å². The number of rotatable bonds is 4. The fraction of sp³-hybridized carbons (Fsp3) is 0.812. The van der Waals surface area contributed by atoms with Crippen LogP contribution in [0.2, 0.25) is 0 Å². The molecule has 8 nitrogen and oxygen atoms in total. The lowest BCUT2D eigenvalue weighted by Gasteiger charge is -2.27. The number of hydrogen-bond donors (Lipinski definition) is 2. The topological polar surface area (TPSA) is 105 Å². The zero-order valence-electron chi connectivity index (χ0n) is 15.2. The number of β-amino-alcohol motifs (C(OH)–C–C–N with tert-alkyl or cyclic N) is 1. The van der Waals surface area contributed by atoms with E-state index in [1.54, 1.807) is 34.6 Å². The van der Waals surface area contributed by atoms with E-state index in [0.29, 0.717) is 0 Å². The van der Waals surface area contributed by atoms with Crippen molar-refractivity contribution in [2.75, 3.05) is 20.2 Å². The monoisotopic (exact) mass is 344 g/mol. The molecule has 24 heavy (non-hydrogen) atoms. The molecule has 1 saturated heterocycles. The normalized spacial score (nSPS) is 22.2. The second-order valence-electron chi connectivity index (χ2n) is 7.40. The second kappa shape index (κ2) is 7.38. The minimum Gasteiger partial charge on any atom is -0.467 e. The number of methoxy groups -OCH3 is 1. The first kappa shape index (κ1) is 20.2. The van der Waals surface area contributed by atoms with Crippen molar-refractivity contribution in [3.05, 3.63) is 0 Å². The van der Waals surface area contributed by atoms with Crippen LogP contribution in [-0.2, 0) is 19.1 Å². The van der Waals surface area contributed by atoms with E-state index in [2.05, 4.69) is 10.1 Å². The molecule has 0 spiro atoms. The fourth-order valence-electron chi connectivity index (χ4n) is 2.36. The van der Waals surface area contributed by atoms with Crippen molar-refractivity contribution in [2.45, 2.75) is 58.3 Å². The number of ether oxygens (including phenoxy) is 2. The number of aliphatic hydroxyl groups is 1. The van der Waals surface area contributed by atoms with Crippen LogP contribution in [0.3, 0.4) is 0 Å². The van der Waals surface area contributed by atoms with Crippen LogP contribution in [0.25, 0.3) is 0 Å². The minimum atomic E-state index is -1.75. The van der Waals surface area contributed by atoms with Crippen molar-refractivity contribution in [1.29, 1.82) is 0 Å². The van der Waals surface area contributed by atoms with Crippen LogP contribution in [0.4, 0.5) is 4.79 Å². The van der Waals surface area contributed by atoms with Crippen LogP contribution in [0.1, 0.15) is 41.0 Å². The highest BCUT2D eigenvalue weighted by Gasteiger charge is 2.46. The van der Waals surface area contributed by atoms with Crippen molar-refractivity contribution >= 4 is 18.0 Å². The maximum Gasteiger partial charge on any atom is 0.410 e. The summed E-state index contributed by atoms with van der Waals surface area (Å²) in [6.45, 7) is 8.75. The third-order valence-corrected chi connectivity index (χ3v) is 3.73. The van der Waals surface area contributed by atoms with E-state index in [9.17, 15) is 19.5 Å². The maximum absolute atomic E-state index is 12.4. The van der Waals surface area contributed by atoms with Gasteiger partial charge in [-0.3, -0.25) is 4.79 Å². The molecule has 8 heteroatoms. The predicted molar refractivity (Wildman–Crippen MR) is 86.2 cm³/mol. The van der Waals surface area contributed by atoms with Crippen molar-refractivity contribution in [3.8, 4) is 0 Å². The molecular formula is C16H28N2O6. The van der Waals surface area contributed by atoms with Crippen molar-refractivity contribution < 1.29 is 29.0 Å². The number of nitrogens with one attached hydrogen (secondary N) is 1. The van der Waals surface area contributed by atoms with Gasteiger partial charge in [0.05, 0.1) is 13.7 Å². The Morgan fingerprint density at radius 3 is 2.29 bits per heavy atom. The van der Waals surface area contributed by atoms with E-state index in [1.165, 1.54) is 12.0 Å². The Bertz CT molecular complexity index is 499. The molecule has 0 saturated carbocycles. The smallest absolute Gasteiger partial charge is 0.410 e. The van der Waals surface area contributed by atoms with Gasteiger partial charge in [-0.2, -0.15) is 0 Å². The summed E-state index contributed by atoms with van der Waals surface area (Å²) < 4.78 is 9.90. The average Bonchev–Trinajstić information content (AvgIpc) is 2.85. The molecule has 0 aromatic rings. The Hall–Kier alpha value is -1.83. The van der Waals surface area contributed by atoms with Gasteiger partial charge in [0.1, 0.15) is 11.6 Å². The second-order valence-corrected chi connectivity index (χ2v) is 7.40. The summed E-state index contributed by atoms with van der Waals surface area (Å²) in [5.74, 6) is -1.48. The van der Waals surface area contributed by atoms with Gasteiger partial charge in [0.2, 0.25) is 0 Å². The largest absolute Gasteiger partial charge is 0.467 e. The lowest BCUT2D eigenvalue weighted by Crippen LogP contribution is -2.55. The Morgan fingerprint density at radius 1 is 1.25 bits per heavy atom. The molecule has 1 aliphatic heterocycles. The zero-order valence-corrected chi connectivity index (χ0v) is 15.2. The number of carbonyl (C=O) groups excluding carboxylic acids is 3. The van der Waals surface area contributed by atoms with Crippen molar-refractivity contribution in [3.63, 3.8) is 0 Å². The molecule has 138 valence electrons. The molecular weight excluding hydrogens is 316 g/mol. The first-order valence-corrected chi connectivity index (χ1v) is 7.99. The summed E-state index contributed by atoms with van der Waals surface area (Å²) in [5, 5.41) is 13.1. The SMILES string of the molecule is COC(=O)C(NC(=O)C1(O)CCN(C(=O)OC(C)(C)C)C1)C(C)C. The summed E-state index contributed by atoms with van der Waals surface area (Å²) in [6.07, 6.45) is -0.510. The van der Waals surface area contributed by atoms with Crippen LogP contribution in [0, 0.1) is 5.92 Å². The molecule has 0 aromatic heterocycles. The van der Waals surface area contributed by atoms with Gasteiger partial charge in [-0.05, 0) is 26.7 Å². The van der Waals surface area contributed by atoms with Gasteiger partial charge in [-0.25, -0.2) is 9.59 Å². The lowest BCUT2D eigenvalue weighted by molar-refractivity contribution is -0.150. The standard InChI is InChI=1S/C16H28N2O6/c1-10(2)11(12(19)23-6)17-13(20)16(22)7-8-18(9-16)14(21)24-15(3,4)5/h10-11,22H,7-9H2,1-6H3,(H,17,20). The lowest BCUT2D eigenvalue weighted by atomic mass is 9.99. The predicted octanol–water partition coefficient (Wildman–Crippen LogP) is 0.672. The molecule has 1 aliphatic rings. The number of esters is 1. The van der Waals surface area contributed by atoms with E-state index < -0.39 is 35.2 Å². The van der Waals surface area contributed by atoms with Gasteiger partial charge in [0.25, 0.3) is 5.91 Å². The summed E-state index contributed by atoms with van der Waals surface area (Å²) in [7, 11) is 1.23. The molecule has 2 amide bonds. The van der Waals surface area contributed by atoms with E-state index in [-0.39, 0.29) is 25.4 Å². The molecule has 2 unspecified atom stereocenters. The van der Waals surface area contributed by atoms with Crippen molar-refractivity contribution in [1.82, 2.24) is 10.2 Å². The summed E-state index contributed by atoms with van der Waals surface area (Å²) in [4.78, 5) is 37.5. The zero-order chi connectivity index (χ0) is 18.7. The van der Waals surface area contributed by atoms with E-state index in [0.717, 1.165) is 0 Å². The highest BCUT2D eigenvalue weighted by molar-refractivity contribution is 5.90. The third-order valence-electron chi connectivity index (χ3n) is 3.73. The number of carbonyl (C=O) groups is 3. The summed E-state index contributed by atoms with van der Waals surface area (Å²) in [6, 6.07) is -0.859. The highest BCUT2D eigenvalue weighted by Crippen LogP contribution is 2.24. The summed E-state index contributed by atoms with van der Waals surface area (Å²) >= 11 is 0.